The summed E-state index contributed by atoms with van der Waals surface area (Å²) >= 11 is 8.34. The molecule has 1 saturated heterocycles. The van der Waals surface area contributed by atoms with Crippen molar-refractivity contribution in [3.63, 3.8) is 0 Å². The molecule has 6 nitrogen and oxygen atoms in total. The van der Waals surface area contributed by atoms with Crippen molar-refractivity contribution in [2.75, 3.05) is 56.4 Å². The number of hydrogen-bond acceptors (Lipinski definition) is 6. The summed E-state index contributed by atoms with van der Waals surface area (Å²) in [5.74, 6) is 2.87. The van der Waals surface area contributed by atoms with Gasteiger partial charge < -0.3 is 15.6 Å². The van der Waals surface area contributed by atoms with Gasteiger partial charge in [0, 0.05) is 67.3 Å². The topological polar surface area (TPSA) is 64.4 Å². The zero-order valence-electron chi connectivity index (χ0n) is 18.2. The molecule has 0 saturated carbocycles. The molecule has 1 aliphatic carbocycles. The van der Waals surface area contributed by atoms with Crippen LogP contribution in [0.5, 0.6) is 0 Å². The molecular weight excluding hydrogens is 440 g/mol. The number of aromatic nitrogens is 2. The molecule has 1 atom stereocenters. The predicted octanol–water partition coefficient (Wildman–Crippen LogP) is 3.47. The number of aromatic amines is 1. The van der Waals surface area contributed by atoms with E-state index in [1.54, 1.807) is 11.3 Å². The number of nitrogens with one attached hydrogen (secondary N) is 1. The monoisotopic (exact) mass is 468 g/mol. The molecule has 0 bridgehead atoms. The Morgan fingerprint density at radius 3 is 2.94 bits per heavy atom. The first kappa shape index (κ1) is 21.6. The van der Waals surface area contributed by atoms with Crippen molar-refractivity contribution < 1.29 is 0 Å². The Labute approximate surface area is 198 Å². The van der Waals surface area contributed by atoms with Gasteiger partial charge in [-0.2, -0.15) is 0 Å². The zero-order valence-corrected chi connectivity index (χ0v) is 19.8. The number of nitrogens with zero attached hydrogens (tertiary/aromatic N) is 4. The minimum absolute atomic E-state index is 0.478. The lowest BCUT2D eigenvalue weighted by Crippen LogP contribution is -2.50. The van der Waals surface area contributed by atoms with Crippen LogP contribution in [-0.2, 0) is 12.8 Å². The summed E-state index contributed by atoms with van der Waals surface area (Å²) in [6.45, 7) is 6.76. The normalized spacial score (nSPS) is 19.4. The van der Waals surface area contributed by atoms with Crippen molar-refractivity contribution in [3.05, 3.63) is 40.0 Å². The summed E-state index contributed by atoms with van der Waals surface area (Å²) in [6, 6.07) is 6.78. The summed E-state index contributed by atoms with van der Waals surface area (Å²) in [5.41, 5.74) is 9.33. The summed E-state index contributed by atoms with van der Waals surface area (Å²) in [7, 11) is 0. The molecule has 0 radical (unpaired) electrons. The minimum atomic E-state index is 0.478. The Balaban J connectivity index is 1.16. The average molecular weight is 469 g/mol. The molecule has 1 aliphatic heterocycles. The van der Waals surface area contributed by atoms with E-state index in [1.807, 2.05) is 12.3 Å². The second kappa shape index (κ2) is 9.32. The molecule has 168 valence electrons. The number of rotatable bonds is 6. The second-order valence-electron chi connectivity index (χ2n) is 8.66. The lowest BCUT2D eigenvalue weighted by atomic mass is 9.96. The molecule has 2 aliphatic rings. The van der Waals surface area contributed by atoms with Crippen LogP contribution in [0.2, 0.25) is 5.02 Å². The van der Waals surface area contributed by atoms with Crippen LogP contribution in [0.25, 0.3) is 10.9 Å². The maximum Gasteiger partial charge on any atom is 0.180 e. The molecular formula is C24H29ClN6S. The fraction of sp³-hybridized carbons (Fsp3) is 0.458. The van der Waals surface area contributed by atoms with Crippen molar-refractivity contribution in [2.45, 2.75) is 25.3 Å². The first-order valence-electron chi connectivity index (χ1n) is 11.3. The fourth-order valence-electron chi connectivity index (χ4n) is 5.01. The first-order valence-corrected chi connectivity index (χ1v) is 12.5. The molecule has 1 unspecified atom stereocenters. The zero-order chi connectivity index (χ0) is 22.1. The average Bonchev–Trinajstić information content (AvgIpc) is 3.43. The first-order chi connectivity index (χ1) is 15.6. The van der Waals surface area contributed by atoms with Gasteiger partial charge in [-0.05, 0) is 37.5 Å². The molecule has 5 rings (SSSR count). The van der Waals surface area contributed by atoms with Crippen molar-refractivity contribution in [2.24, 2.45) is 0 Å². The van der Waals surface area contributed by atoms with Crippen molar-refractivity contribution in [1.82, 2.24) is 19.8 Å². The molecule has 32 heavy (non-hydrogen) atoms. The fourth-order valence-corrected chi connectivity index (χ4v) is 6.31. The van der Waals surface area contributed by atoms with E-state index >= 15 is 0 Å². The molecule has 3 aromatic rings. The Morgan fingerprint density at radius 2 is 2.12 bits per heavy atom. The van der Waals surface area contributed by atoms with E-state index in [0.29, 0.717) is 17.7 Å². The lowest BCUT2D eigenvalue weighted by Gasteiger charge is -2.38. The number of anilines is 2. The highest BCUT2D eigenvalue weighted by atomic mass is 35.5. The number of piperazine rings is 1. The molecule has 8 heteroatoms. The number of H-pyrrole nitrogens is 1. The van der Waals surface area contributed by atoms with Gasteiger partial charge in [0.25, 0.3) is 0 Å². The quantitative estimate of drug-likeness (QED) is 0.542. The van der Waals surface area contributed by atoms with Gasteiger partial charge in [0.2, 0.25) is 0 Å². The number of hydrogen-bond donors (Lipinski definition) is 2. The summed E-state index contributed by atoms with van der Waals surface area (Å²) in [5, 5.41) is 2.63. The van der Waals surface area contributed by atoms with Gasteiger partial charge in [-0.15, -0.1) is 17.8 Å². The van der Waals surface area contributed by atoms with Crippen LogP contribution in [0.4, 0.5) is 10.8 Å². The Hall–Kier alpha value is -2.24. The highest BCUT2D eigenvalue weighted by Gasteiger charge is 2.27. The van der Waals surface area contributed by atoms with Gasteiger partial charge in [0.1, 0.15) is 0 Å². The van der Waals surface area contributed by atoms with Gasteiger partial charge in [-0.1, -0.05) is 17.5 Å². The van der Waals surface area contributed by atoms with E-state index in [4.69, 9.17) is 23.8 Å². The minimum Gasteiger partial charge on any atom is -0.375 e. The third-order valence-corrected chi connectivity index (χ3v) is 8.15. The van der Waals surface area contributed by atoms with Gasteiger partial charge in [0.05, 0.1) is 22.9 Å². The van der Waals surface area contributed by atoms with E-state index < -0.39 is 0 Å². The number of aryl methyl sites for hydroxylation is 1. The van der Waals surface area contributed by atoms with Crippen LogP contribution < -0.4 is 10.6 Å². The highest BCUT2D eigenvalue weighted by Crippen LogP contribution is 2.34. The van der Waals surface area contributed by atoms with Crippen LogP contribution >= 0.6 is 22.9 Å². The molecule has 3 heterocycles. The van der Waals surface area contributed by atoms with E-state index in [-0.39, 0.29) is 0 Å². The van der Waals surface area contributed by atoms with Crippen molar-refractivity contribution in [1.29, 1.82) is 0 Å². The van der Waals surface area contributed by atoms with E-state index in [1.165, 1.54) is 10.6 Å². The molecule has 2 aromatic heterocycles. The van der Waals surface area contributed by atoms with Gasteiger partial charge in [0.15, 0.2) is 5.13 Å². The smallest absolute Gasteiger partial charge is 0.180 e. The summed E-state index contributed by atoms with van der Waals surface area (Å²) in [4.78, 5) is 16.5. The van der Waals surface area contributed by atoms with Gasteiger partial charge >= 0.3 is 0 Å². The highest BCUT2D eigenvalue weighted by molar-refractivity contribution is 7.15. The summed E-state index contributed by atoms with van der Waals surface area (Å²) in [6.07, 6.45) is 10.8. The van der Waals surface area contributed by atoms with E-state index in [2.05, 4.69) is 42.7 Å². The van der Waals surface area contributed by atoms with E-state index in [0.717, 1.165) is 80.1 Å². The number of benzene rings is 1. The third kappa shape index (κ3) is 4.33. The summed E-state index contributed by atoms with van der Waals surface area (Å²) < 4.78 is 0. The lowest BCUT2D eigenvalue weighted by molar-refractivity contribution is 0.161. The van der Waals surface area contributed by atoms with Crippen LogP contribution in [-0.4, -0.2) is 71.6 Å². The maximum atomic E-state index is 6.70. The van der Waals surface area contributed by atoms with Crippen LogP contribution in [0.15, 0.2) is 24.4 Å². The van der Waals surface area contributed by atoms with Gasteiger partial charge in [-0.3, -0.25) is 9.80 Å². The van der Waals surface area contributed by atoms with Crippen molar-refractivity contribution >= 4 is 44.7 Å². The number of nitrogen functional groups attached to an aromatic ring is 1. The van der Waals surface area contributed by atoms with Crippen LogP contribution in [0, 0.1) is 12.3 Å². The predicted molar refractivity (Wildman–Crippen MR) is 135 cm³/mol. The third-order valence-electron chi connectivity index (χ3n) is 6.81. The van der Waals surface area contributed by atoms with Crippen molar-refractivity contribution in [3.8, 4) is 12.3 Å². The Kier molecular flexibility index (Phi) is 6.29. The van der Waals surface area contributed by atoms with Gasteiger partial charge in [-0.25, -0.2) is 4.98 Å². The van der Waals surface area contributed by atoms with E-state index in [9.17, 15) is 0 Å². The Bertz CT molecular complexity index is 1120. The number of nitrogens with two attached hydrogens (primary N) is 1. The SMILES string of the molecule is C#CCN(CCN1CCN(c2ccc3[nH]ccc3c2Cl)CC1)C1CCc2nc(N)sc2C1. The number of terminal acetylenes is 1. The molecule has 0 spiro atoms. The largest absolute Gasteiger partial charge is 0.375 e. The number of halogens is 1. The second-order valence-corrected chi connectivity index (χ2v) is 10.2. The molecule has 1 fully saturated rings. The van der Waals surface area contributed by atoms with Crippen LogP contribution in [0.1, 0.15) is 17.0 Å². The molecule has 0 amide bonds. The maximum absolute atomic E-state index is 6.70. The Morgan fingerprint density at radius 1 is 1.28 bits per heavy atom. The molecule has 3 N–H and O–H groups in total. The van der Waals surface area contributed by atoms with Crippen LogP contribution in [0.3, 0.4) is 0 Å². The molecule has 1 aromatic carbocycles. The number of thiazole rings is 1. The number of fused-ring (bicyclic) bond motifs is 2. The standard InChI is InChI=1S/C24H29ClN6S/c1-2-9-30(17-3-4-20-22(16-17)32-24(26)28-20)13-10-29-11-14-31(15-12-29)21-6-5-19-18(23(21)25)7-8-27-19/h1,5-8,17,27H,3-4,9-16H2,(H2,26,28).